The molecule has 0 radical (unpaired) electrons. The first-order valence-corrected chi connectivity index (χ1v) is 9.25. The summed E-state index contributed by atoms with van der Waals surface area (Å²) in [5, 5.41) is 29.1. The second kappa shape index (κ2) is 6.95. The van der Waals surface area contributed by atoms with E-state index in [0.717, 1.165) is 22.2 Å². The van der Waals surface area contributed by atoms with Crippen molar-refractivity contribution in [2.75, 3.05) is 0 Å². The molecule has 4 rings (SSSR count). The number of benzene rings is 2. The zero-order chi connectivity index (χ0) is 19.7. The van der Waals surface area contributed by atoms with E-state index >= 15 is 0 Å². The van der Waals surface area contributed by atoms with Crippen LogP contribution in [0.15, 0.2) is 60.8 Å². The van der Waals surface area contributed by atoms with Gasteiger partial charge in [-0.05, 0) is 49.2 Å². The van der Waals surface area contributed by atoms with E-state index < -0.39 is 5.60 Å². The molecule has 2 aromatic carbocycles. The van der Waals surface area contributed by atoms with Gasteiger partial charge in [0.15, 0.2) is 0 Å². The monoisotopic (exact) mass is 371 g/mol. The number of rotatable bonds is 5. The molecule has 0 amide bonds. The van der Waals surface area contributed by atoms with Crippen LogP contribution in [-0.2, 0) is 12.1 Å². The molecule has 4 aromatic rings. The Kier molecular flexibility index (Phi) is 4.46. The van der Waals surface area contributed by atoms with Crippen LogP contribution in [0.5, 0.6) is 0 Å². The fourth-order valence-corrected chi connectivity index (χ4v) is 3.29. The summed E-state index contributed by atoms with van der Waals surface area (Å²) in [5.41, 5.74) is 3.19. The largest absolute Gasteiger partial charge is 0.384 e. The lowest BCUT2D eigenvalue weighted by molar-refractivity contribution is 0.0484. The number of hydrogen-bond acceptors (Lipinski definition) is 4. The van der Waals surface area contributed by atoms with Gasteiger partial charge in [0.05, 0.1) is 18.3 Å². The molecule has 6 nitrogen and oxygen atoms in total. The summed E-state index contributed by atoms with van der Waals surface area (Å²) in [6.45, 7) is 4.20. The third-order valence-corrected chi connectivity index (χ3v) is 5.12. The van der Waals surface area contributed by atoms with Crippen LogP contribution in [0.2, 0.25) is 0 Å². The summed E-state index contributed by atoms with van der Waals surface area (Å²) in [6, 6.07) is 20.2. The number of nitrogens with zero attached hydrogens (tertiary/aromatic N) is 5. The number of aliphatic hydroxyl groups is 1. The summed E-state index contributed by atoms with van der Waals surface area (Å²) < 4.78 is 3.69. The van der Waals surface area contributed by atoms with Crippen molar-refractivity contribution in [3.63, 3.8) is 0 Å². The lowest BCUT2D eigenvalue weighted by Crippen LogP contribution is -2.20. The third-order valence-electron chi connectivity index (χ3n) is 5.12. The molecule has 140 valence electrons. The summed E-state index contributed by atoms with van der Waals surface area (Å²) in [4.78, 5) is 0. The maximum absolute atomic E-state index is 10.3. The maximum Gasteiger partial charge on any atom is 0.125 e. The van der Waals surface area contributed by atoms with Gasteiger partial charge in [-0.2, -0.15) is 5.26 Å². The first-order chi connectivity index (χ1) is 13.5. The highest BCUT2D eigenvalue weighted by atomic mass is 16.3. The molecule has 0 spiro atoms. The minimum absolute atomic E-state index is 0.543. The number of fused-ring (bicyclic) bond motifs is 1. The summed E-state index contributed by atoms with van der Waals surface area (Å²) in [7, 11) is 0. The third kappa shape index (κ3) is 3.17. The van der Waals surface area contributed by atoms with Crippen molar-refractivity contribution in [1.29, 1.82) is 5.26 Å². The van der Waals surface area contributed by atoms with Crippen LogP contribution in [-0.4, -0.2) is 24.7 Å². The van der Waals surface area contributed by atoms with Gasteiger partial charge in [-0.1, -0.05) is 36.4 Å². The Morgan fingerprint density at radius 3 is 2.64 bits per heavy atom. The molecule has 1 unspecified atom stereocenters. The van der Waals surface area contributed by atoms with Gasteiger partial charge in [0.2, 0.25) is 0 Å². The molecule has 1 N–H and O–H groups in total. The quantitative estimate of drug-likeness (QED) is 0.579. The Hall–Kier alpha value is -3.43. The lowest BCUT2D eigenvalue weighted by atomic mass is 10.0. The van der Waals surface area contributed by atoms with Crippen molar-refractivity contribution in [1.82, 2.24) is 19.6 Å². The van der Waals surface area contributed by atoms with Gasteiger partial charge >= 0.3 is 0 Å². The smallest absolute Gasteiger partial charge is 0.125 e. The molecule has 0 saturated carbocycles. The molecule has 2 aromatic heterocycles. The van der Waals surface area contributed by atoms with Crippen LogP contribution in [0.25, 0.3) is 16.6 Å². The van der Waals surface area contributed by atoms with E-state index in [1.165, 1.54) is 0 Å². The van der Waals surface area contributed by atoms with Gasteiger partial charge in [-0.25, -0.2) is 4.68 Å². The van der Waals surface area contributed by atoms with E-state index in [4.69, 9.17) is 0 Å². The molecular weight excluding hydrogens is 350 g/mol. The molecule has 28 heavy (non-hydrogen) atoms. The van der Waals surface area contributed by atoms with Crippen LogP contribution < -0.4 is 0 Å². The first-order valence-electron chi connectivity index (χ1n) is 9.25. The maximum atomic E-state index is 10.3. The lowest BCUT2D eigenvalue weighted by Gasteiger charge is -2.16. The van der Waals surface area contributed by atoms with Gasteiger partial charge < -0.3 is 9.67 Å². The standard InChI is InChI=1S/C22H21N5O/c1-3-22(2,28)21-15-26(25-24-21)14-16-9-10-20-17(11-16)12-19(13-23)27(20)18-7-5-4-6-8-18/h4-12,15,28H,3,14H2,1-2H3. The minimum atomic E-state index is -0.975. The minimum Gasteiger partial charge on any atom is -0.384 e. The van der Waals surface area contributed by atoms with E-state index in [-0.39, 0.29) is 0 Å². The summed E-state index contributed by atoms with van der Waals surface area (Å²) >= 11 is 0. The second-order valence-corrected chi connectivity index (χ2v) is 7.13. The molecular formula is C22H21N5O. The number of nitriles is 1. The van der Waals surface area contributed by atoms with Gasteiger partial charge in [0.25, 0.3) is 0 Å². The van der Waals surface area contributed by atoms with Crippen molar-refractivity contribution >= 4 is 10.9 Å². The highest BCUT2D eigenvalue weighted by molar-refractivity contribution is 5.85. The number of aromatic nitrogens is 4. The SMILES string of the molecule is CCC(C)(O)c1cn(Cc2ccc3c(c2)cc(C#N)n3-c2ccccc2)nn1. The molecule has 2 heterocycles. The first kappa shape index (κ1) is 18.0. The van der Waals surface area contributed by atoms with Crippen molar-refractivity contribution in [3.8, 4) is 11.8 Å². The van der Waals surface area contributed by atoms with Crippen LogP contribution in [0.1, 0.15) is 37.2 Å². The normalized spacial score (nSPS) is 13.4. The Balaban J connectivity index is 1.69. The average Bonchev–Trinajstić information content (AvgIpc) is 3.33. The van der Waals surface area contributed by atoms with Gasteiger partial charge in [0.1, 0.15) is 23.1 Å². The summed E-state index contributed by atoms with van der Waals surface area (Å²) in [5.74, 6) is 0. The van der Waals surface area contributed by atoms with E-state index in [9.17, 15) is 10.4 Å². The molecule has 0 aliphatic carbocycles. The topological polar surface area (TPSA) is 79.7 Å². The van der Waals surface area contributed by atoms with E-state index in [1.54, 1.807) is 17.8 Å². The van der Waals surface area contributed by atoms with E-state index in [1.807, 2.05) is 60.0 Å². The molecule has 6 heteroatoms. The predicted molar refractivity (Wildman–Crippen MR) is 107 cm³/mol. The van der Waals surface area contributed by atoms with Crippen LogP contribution in [0.3, 0.4) is 0 Å². The van der Waals surface area contributed by atoms with Gasteiger partial charge in [-0.3, -0.25) is 0 Å². The van der Waals surface area contributed by atoms with Crippen LogP contribution in [0, 0.1) is 11.3 Å². The van der Waals surface area contributed by atoms with Crippen molar-refractivity contribution < 1.29 is 5.11 Å². The molecule has 0 aliphatic heterocycles. The van der Waals surface area contributed by atoms with E-state index in [0.29, 0.717) is 24.4 Å². The average molecular weight is 371 g/mol. The predicted octanol–water partition coefficient (Wildman–Crippen LogP) is 3.76. The van der Waals surface area contributed by atoms with Crippen molar-refractivity contribution in [2.45, 2.75) is 32.4 Å². The number of para-hydroxylation sites is 1. The Labute approximate surface area is 163 Å². The van der Waals surface area contributed by atoms with Gasteiger partial charge in [0, 0.05) is 11.1 Å². The molecule has 0 aliphatic rings. The van der Waals surface area contributed by atoms with Crippen LogP contribution >= 0.6 is 0 Å². The van der Waals surface area contributed by atoms with Gasteiger partial charge in [-0.15, -0.1) is 5.10 Å². The van der Waals surface area contributed by atoms with Crippen molar-refractivity contribution in [3.05, 3.63) is 77.7 Å². The molecule has 0 fully saturated rings. The Morgan fingerprint density at radius 1 is 1.14 bits per heavy atom. The zero-order valence-electron chi connectivity index (χ0n) is 15.9. The molecule has 1 atom stereocenters. The summed E-state index contributed by atoms with van der Waals surface area (Å²) in [6.07, 6.45) is 2.35. The second-order valence-electron chi connectivity index (χ2n) is 7.13. The zero-order valence-corrected chi connectivity index (χ0v) is 15.9. The fourth-order valence-electron chi connectivity index (χ4n) is 3.29. The van der Waals surface area contributed by atoms with E-state index in [2.05, 4.69) is 22.4 Å². The van der Waals surface area contributed by atoms with Crippen LogP contribution in [0.4, 0.5) is 0 Å². The number of hydrogen-bond donors (Lipinski definition) is 1. The molecule has 0 bridgehead atoms. The Bertz CT molecular complexity index is 1160. The Morgan fingerprint density at radius 2 is 1.93 bits per heavy atom. The highest BCUT2D eigenvalue weighted by Gasteiger charge is 2.24. The fraction of sp³-hybridized carbons (Fsp3) is 0.227. The highest BCUT2D eigenvalue weighted by Crippen LogP contribution is 2.26. The van der Waals surface area contributed by atoms with Crippen molar-refractivity contribution in [2.24, 2.45) is 0 Å². The molecule has 0 saturated heterocycles.